The van der Waals surface area contributed by atoms with Gasteiger partial charge in [0, 0.05) is 18.7 Å². The zero-order valence-corrected chi connectivity index (χ0v) is 16.7. The molecular weight excluding hydrogens is 402 g/mol. The van der Waals surface area contributed by atoms with Crippen LogP contribution < -0.4 is 22.1 Å². The molecule has 0 aromatic heterocycles. The first-order valence-electron chi connectivity index (χ1n) is 8.94. The van der Waals surface area contributed by atoms with Crippen LogP contribution in [0.2, 0.25) is 0 Å². The largest absolute Gasteiger partial charge is 0.480 e. The number of nitrogens with two attached hydrogens (primary N) is 2. The normalized spacial score (nSPS) is 14.6. The number of carboxylic acids is 2. The van der Waals surface area contributed by atoms with Gasteiger partial charge in [-0.25, -0.2) is 9.59 Å². The van der Waals surface area contributed by atoms with Crippen molar-refractivity contribution in [2.75, 3.05) is 13.1 Å². The number of rotatable bonds is 10. The number of aliphatic carboxylic acids is 2. The van der Waals surface area contributed by atoms with Crippen LogP contribution in [0.1, 0.15) is 26.7 Å². The van der Waals surface area contributed by atoms with Gasteiger partial charge in [-0.05, 0) is 18.8 Å². The Morgan fingerprint density at radius 3 is 2.00 bits per heavy atom. The maximum atomic E-state index is 11.6. The van der Waals surface area contributed by atoms with Gasteiger partial charge < -0.3 is 32.3 Å². The van der Waals surface area contributed by atoms with E-state index in [1.807, 2.05) is 0 Å². The molecule has 0 fully saturated rings. The summed E-state index contributed by atoms with van der Waals surface area (Å²) in [5.41, 5.74) is 9.96. The van der Waals surface area contributed by atoms with Crippen LogP contribution >= 0.6 is 0 Å². The molecule has 13 nitrogen and oxygen atoms in total. The van der Waals surface area contributed by atoms with E-state index < -0.39 is 54.3 Å². The third kappa shape index (κ3) is 10.2. The Labute approximate surface area is 172 Å². The zero-order chi connectivity index (χ0) is 23.4. The molecule has 2 unspecified atom stereocenters. The van der Waals surface area contributed by atoms with Crippen molar-refractivity contribution in [3.05, 3.63) is 12.2 Å². The summed E-state index contributed by atoms with van der Waals surface area (Å²) in [4.78, 5) is 65.9. The molecule has 0 saturated heterocycles. The minimum atomic E-state index is -1.16. The zero-order valence-electron chi connectivity index (χ0n) is 16.7. The van der Waals surface area contributed by atoms with Gasteiger partial charge in [-0.2, -0.15) is 0 Å². The highest BCUT2D eigenvalue weighted by molar-refractivity contribution is 6.14. The number of amides is 5. The number of nitrogens with zero attached hydrogens (tertiary/aromatic N) is 1. The first-order chi connectivity index (χ1) is 13.9. The number of urea groups is 1. The number of nitrogens with one attached hydrogen (secondary N) is 2. The lowest BCUT2D eigenvalue weighted by Crippen LogP contribution is -2.49. The fraction of sp³-hybridized carbons (Fsp3) is 0.529. The van der Waals surface area contributed by atoms with Crippen LogP contribution in [-0.4, -0.2) is 76.0 Å². The summed E-state index contributed by atoms with van der Waals surface area (Å²) >= 11 is 0. The molecule has 1 aliphatic heterocycles. The minimum absolute atomic E-state index is 0.297. The van der Waals surface area contributed by atoms with E-state index in [0.29, 0.717) is 19.4 Å². The van der Waals surface area contributed by atoms with Gasteiger partial charge in [-0.15, -0.1) is 0 Å². The van der Waals surface area contributed by atoms with E-state index in [4.69, 9.17) is 21.7 Å². The predicted molar refractivity (Wildman–Crippen MR) is 103 cm³/mol. The van der Waals surface area contributed by atoms with Gasteiger partial charge in [0.15, 0.2) is 0 Å². The highest BCUT2D eigenvalue weighted by atomic mass is 16.4. The molecule has 0 aromatic rings. The second-order valence-corrected chi connectivity index (χ2v) is 6.60. The van der Waals surface area contributed by atoms with Crippen molar-refractivity contribution < 1.29 is 39.0 Å². The van der Waals surface area contributed by atoms with E-state index in [0.717, 1.165) is 17.1 Å². The standard InChI is InChI=1S/C11H14N2O5.C6H13N3O3/c1-6(2)10(11(17)18)12-7(14)5-13-8(15)3-4-9(13)16;7-4(5(10)11)2-1-3-9-6(8)12/h3-4,6,10H,5H2,1-2H3,(H,12,14)(H,17,18);4H,1-3,7H2,(H,10,11)(H3,8,9,12). The van der Waals surface area contributed by atoms with Gasteiger partial charge in [0.05, 0.1) is 0 Å². The molecule has 1 rings (SSSR count). The number of hydrogen-bond acceptors (Lipinski definition) is 7. The summed E-state index contributed by atoms with van der Waals surface area (Å²) < 4.78 is 0. The van der Waals surface area contributed by atoms with E-state index in [1.165, 1.54) is 0 Å². The molecule has 0 saturated carbocycles. The molecule has 0 aliphatic carbocycles. The van der Waals surface area contributed by atoms with Gasteiger partial charge in [0.2, 0.25) is 5.91 Å². The Kier molecular flexibility index (Phi) is 11.4. The predicted octanol–water partition coefficient (Wildman–Crippen LogP) is -2.02. The second-order valence-electron chi connectivity index (χ2n) is 6.60. The fourth-order valence-corrected chi connectivity index (χ4v) is 2.12. The molecule has 2 atom stereocenters. The highest BCUT2D eigenvalue weighted by Gasteiger charge is 2.28. The van der Waals surface area contributed by atoms with Crippen molar-refractivity contribution in [1.29, 1.82) is 0 Å². The van der Waals surface area contributed by atoms with Gasteiger partial charge in [0.1, 0.15) is 18.6 Å². The maximum Gasteiger partial charge on any atom is 0.326 e. The third-order valence-electron chi connectivity index (χ3n) is 3.76. The van der Waals surface area contributed by atoms with Crippen LogP contribution in [-0.2, 0) is 24.0 Å². The number of primary amides is 1. The van der Waals surface area contributed by atoms with Crippen LogP contribution in [0.4, 0.5) is 4.79 Å². The summed E-state index contributed by atoms with van der Waals surface area (Å²) in [6.07, 6.45) is 2.96. The molecule has 8 N–H and O–H groups in total. The molecule has 0 radical (unpaired) electrons. The van der Waals surface area contributed by atoms with Crippen LogP contribution in [0.25, 0.3) is 0 Å². The van der Waals surface area contributed by atoms with Gasteiger partial charge in [-0.1, -0.05) is 13.8 Å². The molecule has 1 aliphatic rings. The molecule has 30 heavy (non-hydrogen) atoms. The Morgan fingerprint density at radius 1 is 1.07 bits per heavy atom. The van der Waals surface area contributed by atoms with Crippen molar-refractivity contribution in [2.24, 2.45) is 17.4 Å². The molecule has 1 heterocycles. The van der Waals surface area contributed by atoms with Crippen molar-refractivity contribution in [1.82, 2.24) is 15.5 Å². The van der Waals surface area contributed by atoms with E-state index in [1.54, 1.807) is 13.8 Å². The summed E-state index contributed by atoms with van der Waals surface area (Å²) in [6, 6.07) is -2.52. The molecular formula is C17H27N5O8. The van der Waals surface area contributed by atoms with Crippen molar-refractivity contribution in [2.45, 2.75) is 38.8 Å². The van der Waals surface area contributed by atoms with E-state index in [9.17, 15) is 28.8 Å². The van der Waals surface area contributed by atoms with Gasteiger partial charge in [0.25, 0.3) is 11.8 Å². The van der Waals surface area contributed by atoms with Crippen molar-refractivity contribution in [3.63, 3.8) is 0 Å². The average Bonchev–Trinajstić information content (AvgIpc) is 2.94. The van der Waals surface area contributed by atoms with Crippen molar-refractivity contribution in [3.8, 4) is 0 Å². The molecule has 168 valence electrons. The number of hydrogen-bond donors (Lipinski definition) is 6. The molecule has 0 spiro atoms. The first kappa shape index (κ1) is 26.5. The summed E-state index contributed by atoms with van der Waals surface area (Å²) in [6.45, 7) is 3.18. The minimum Gasteiger partial charge on any atom is -0.480 e. The topological polar surface area (TPSA) is 222 Å². The Balaban J connectivity index is 0.000000612. The number of imide groups is 1. The molecule has 0 bridgehead atoms. The quantitative estimate of drug-likeness (QED) is 0.166. The van der Waals surface area contributed by atoms with Crippen molar-refractivity contribution >= 4 is 35.7 Å². The third-order valence-corrected chi connectivity index (χ3v) is 3.76. The number of carbonyl (C=O) groups excluding carboxylic acids is 4. The molecule has 0 aromatic carbocycles. The number of carboxylic acid groups (broad SMARTS) is 2. The van der Waals surface area contributed by atoms with E-state index in [2.05, 4.69) is 10.6 Å². The van der Waals surface area contributed by atoms with Crippen LogP contribution in [0.5, 0.6) is 0 Å². The van der Waals surface area contributed by atoms with Gasteiger partial charge in [-0.3, -0.25) is 24.1 Å². The lowest BCUT2D eigenvalue weighted by Gasteiger charge is -2.20. The van der Waals surface area contributed by atoms with Gasteiger partial charge >= 0.3 is 18.0 Å². The van der Waals surface area contributed by atoms with Crippen LogP contribution in [0.3, 0.4) is 0 Å². The van der Waals surface area contributed by atoms with E-state index >= 15 is 0 Å². The SMILES string of the molecule is CC(C)C(NC(=O)CN1C(=O)C=CC1=O)C(=O)O.NC(=O)NCCCC(N)C(=O)O. The van der Waals surface area contributed by atoms with E-state index in [-0.39, 0.29) is 5.92 Å². The summed E-state index contributed by atoms with van der Waals surface area (Å²) in [5, 5.41) is 21.8. The first-order valence-corrected chi connectivity index (χ1v) is 8.94. The lowest BCUT2D eigenvalue weighted by molar-refractivity contribution is -0.144. The molecule has 13 heteroatoms. The molecule has 5 amide bonds. The smallest absolute Gasteiger partial charge is 0.326 e. The highest BCUT2D eigenvalue weighted by Crippen LogP contribution is 2.05. The maximum absolute atomic E-state index is 11.6. The number of carbonyl (C=O) groups is 6. The monoisotopic (exact) mass is 429 g/mol. The van der Waals surface area contributed by atoms with Crippen LogP contribution in [0, 0.1) is 5.92 Å². The average molecular weight is 429 g/mol. The Bertz CT molecular complexity index is 688. The summed E-state index contributed by atoms with van der Waals surface area (Å²) in [5.74, 6) is -4.32. The summed E-state index contributed by atoms with van der Waals surface area (Å²) in [7, 11) is 0. The van der Waals surface area contributed by atoms with Crippen LogP contribution in [0.15, 0.2) is 12.2 Å². The lowest BCUT2D eigenvalue weighted by atomic mass is 10.0. The Hall–Kier alpha value is -3.48. The fourth-order valence-electron chi connectivity index (χ4n) is 2.12. The second kappa shape index (κ2) is 12.9. The Morgan fingerprint density at radius 2 is 1.60 bits per heavy atom.